The van der Waals surface area contributed by atoms with E-state index in [4.69, 9.17) is 0 Å². The molecule has 2 aromatic carbocycles. The summed E-state index contributed by atoms with van der Waals surface area (Å²) in [7, 11) is 0. The molecule has 0 saturated heterocycles. The first-order chi connectivity index (χ1) is 13.4. The lowest BCUT2D eigenvalue weighted by Crippen LogP contribution is -2.40. The third-order valence-corrected chi connectivity index (χ3v) is 7.03. The molecule has 0 atom stereocenters. The standard InChI is InChI=1S/C23H25BrN2O2/c1-14-4-3-5-19-20(14)13-26(23(19)28)18-10-7-16(8-11-18)22(27)25-17-9-6-15(2)21(24)12-17/h3-6,9,12,16,18H,7-8,10-11,13H2,1-2H3,(H,25,27). The lowest BCUT2D eigenvalue weighted by Gasteiger charge is -2.34. The van der Waals surface area contributed by atoms with Crippen LogP contribution in [-0.2, 0) is 11.3 Å². The van der Waals surface area contributed by atoms with Crippen molar-refractivity contribution < 1.29 is 9.59 Å². The molecule has 2 amide bonds. The number of rotatable bonds is 3. The van der Waals surface area contributed by atoms with Gasteiger partial charge in [0.2, 0.25) is 5.91 Å². The summed E-state index contributed by atoms with van der Waals surface area (Å²) in [6.07, 6.45) is 3.41. The van der Waals surface area contributed by atoms with Gasteiger partial charge in [0.1, 0.15) is 0 Å². The van der Waals surface area contributed by atoms with Gasteiger partial charge in [0.15, 0.2) is 0 Å². The van der Waals surface area contributed by atoms with Crippen molar-refractivity contribution in [3.8, 4) is 0 Å². The highest BCUT2D eigenvalue weighted by molar-refractivity contribution is 9.10. The molecule has 0 bridgehead atoms. The van der Waals surface area contributed by atoms with Gasteiger partial charge in [-0.3, -0.25) is 9.59 Å². The van der Waals surface area contributed by atoms with Crippen molar-refractivity contribution in [1.29, 1.82) is 0 Å². The molecule has 1 saturated carbocycles. The fraction of sp³-hybridized carbons (Fsp3) is 0.391. The summed E-state index contributed by atoms with van der Waals surface area (Å²) in [6, 6.07) is 12.1. The molecule has 0 aromatic heterocycles. The molecular formula is C23H25BrN2O2. The number of nitrogens with zero attached hydrogens (tertiary/aromatic N) is 1. The van der Waals surface area contributed by atoms with Crippen LogP contribution in [0.15, 0.2) is 40.9 Å². The van der Waals surface area contributed by atoms with Crippen molar-refractivity contribution in [3.63, 3.8) is 0 Å². The number of hydrogen-bond acceptors (Lipinski definition) is 2. The van der Waals surface area contributed by atoms with Crippen LogP contribution < -0.4 is 5.32 Å². The summed E-state index contributed by atoms with van der Waals surface area (Å²) in [4.78, 5) is 27.5. The minimum Gasteiger partial charge on any atom is -0.331 e. The quantitative estimate of drug-likeness (QED) is 0.710. The average molecular weight is 441 g/mol. The number of halogens is 1. The lowest BCUT2D eigenvalue weighted by atomic mass is 9.84. The zero-order valence-electron chi connectivity index (χ0n) is 16.3. The van der Waals surface area contributed by atoms with Gasteiger partial charge in [-0.1, -0.05) is 34.1 Å². The van der Waals surface area contributed by atoms with Crippen LogP contribution in [0.25, 0.3) is 0 Å². The molecule has 1 heterocycles. The molecule has 4 nitrogen and oxygen atoms in total. The van der Waals surface area contributed by atoms with Gasteiger partial charge in [0, 0.05) is 34.2 Å². The first kappa shape index (κ1) is 19.2. The predicted molar refractivity (Wildman–Crippen MR) is 114 cm³/mol. The number of carbonyl (C=O) groups is 2. The molecule has 146 valence electrons. The molecule has 1 fully saturated rings. The number of hydrogen-bond donors (Lipinski definition) is 1. The summed E-state index contributed by atoms with van der Waals surface area (Å²) in [6.45, 7) is 4.80. The minimum atomic E-state index is 0.0122. The molecule has 5 heteroatoms. The highest BCUT2D eigenvalue weighted by atomic mass is 79.9. The van der Waals surface area contributed by atoms with E-state index in [2.05, 4.69) is 34.2 Å². The second-order valence-corrected chi connectivity index (χ2v) is 8.85. The van der Waals surface area contributed by atoms with Crippen molar-refractivity contribution in [2.45, 2.75) is 52.1 Å². The van der Waals surface area contributed by atoms with E-state index < -0.39 is 0 Å². The maximum absolute atomic E-state index is 12.8. The van der Waals surface area contributed by atoms with Gasteiger partial charge in [0.05, 0.1) is 0 Å². The minimum absolute atomic E-state index is 0.0122. The zero-order valence-corrected chi connectivity index (χ0v) is 17.9. The van der Waals surface area contributed by atoms with Gasteiger partial charge in [-0.05, 0) is 74.4 Å². The van der Waals surface area contributed by atoms with Crippen LogP contribution in [0.1, 0.15) is 52.7 Å². The Bertz CT molecular complexity index is 932. The topological polar surface area (TPSA) is 49.4 Å². The Hall–Kier alpha value is -2.14. The van der Waals surface area contributed by atoms with Crippen LogP contribution in [0.4, 0.5) is 5.69 Å². The number of amides is 2. The third kappa shape index (κ3) is 3.60. The van der Waals surface area contributed by atoms with Gasteiger partial charge in [-0.2, -0.15) is 0 Å². The molecule has 0 spiro atoms. The van der Waals surface area contributed by atoms with E-state index in [-0.39, 0.29) is 23.8 Å². The molecule has 0 unspecified atom stereocenters. The van der Waals surface area contributed by atoms with Gasteiger partial charge in [-0.15, -0.1) is 0 Å². The first-order valence-electron chi connectivity index (χ1n) is 9.90. The van der Waals surface area contributed by atoms with E-state index in [9.17, 15) is 9.59 Å². The Morgan fingerprint density at radius 3 is 2.50 bits per heavy atom. The molecule has 4 rings (SSSR count). The monoisotopic (exact) mass is 440 g/mol. The van der Waals surface area contributed by atoms with Crippen LogP contribution in [-0.4, -0.2) is 22.8 Å². The summed E-state index contributed by atoms with van der Waals surface area (Å²) in [5.41, 5.74) is 5.17. The van der Waals surface area contributed by atoms with Crippen LogP contribution in [0, 0.1) is 19.8 Å². The average Bonchev–Trinajstić information content (AvgIpc) is 3.03. The van der Waals surface area contributed by atoms with E-state index in [0.717, 1.165) is 52.5 Å². The molecule has 1 aliphatic heterocycles. The van der Waals surface area contributed by atoms with Crippen LogP contribution in [0.5, 0.6) is 0 Å². The Kier molecular flexibility index (Phi) is 5.28. The van der Waals surface area contributed by atoms with Crippen LogP contribution in [0.3, 0.4) is 0 Å². The Morgan fingerprint density at radius 1 is 1.07 bits per heavy atom. The third-order valence-electron chi connectivity index (χ3n) is 6.18. The number of anilines is 1. The molecule has 1 aliphatic carbocycles. The van der Waals surface area contributed by atoms with Crippen molar-refractivity contribution in [2.24, 2.45) is 5.92 Å². The van der Waals surface area contributed by atoms with Crippen molar-refractivity contribution >= 4 is 33.4 Å². The normalized spacial score (nSPS) is 21.5. The molecule has 2 aliphatic rings. The SMILES string of the molecule is Cc1ccc(NC(=O)C2CCC(N3Cc4c(C)cccc4C3=O)CC2)cc1Br. The van der Waals surface area contributed by atoms with Crippen molar-refractivity contribution in [2.75, 3.05) is 5.32 Å². The van der Waals surface area contributed by atoms with Crippen molar-refractivity contribution in [1.82, 2.24) is 4.90 Å². The first-order valence-corrected chi connectivity index (χ1v) is 10.7. The molecular weight excluding hydrogens is 416 g/mol. The van der Waals surface area contributed by atoms with Crippen molar-refractivity contribution in [3.05, 3.63) is 63.1 Å². The highest BCUT2D eigenvalue weighted by Gasteiger charge is 2.36. The summed E-state index contributed by atoms with van der Waals surface area (Å²) in [5.74, 6) is 0.246. The second kappa shape index (κ2) is 7.70. The van der Waals surface area contributed by atoms with Crippen LogP contribution in [0.2, 0.25) is 0 Å². The molecule has 1 N–H and O–H groups in total. The largest absolute Gasteiger partial charge is 0.331 e. The Labute approximate surface area is 174 Å². The maximum Gasteiger partial charge on any atom is 0.254 e. The number of nitrogens with one attached hydrogen (secondary N) is 1. The van der Waals surface area contributed by atoms with E-state index in [0.29, 0.717) is 6.54 Å². The zero-order chi connectivity index (χ0) is 19.8. The molecule has 2 aromatic rings. The van der Waals surface area contributed by atoms with Gasteiger partial charge in [-0.25, -0.2) is 0 Å². The van der Waals surface area contributed by atoms with E-state index in [1.54, 1.807) is 0 Å². The number of carbonyl (C=O) groups excluding carboxylic acids is 2. The maximum atomic E-state index is 12.8. The summed E-state index contributed by atoms with van der Waals surface area (Å²) >= 11 is 3.51. The summed E-state index contributed by atoms with van der Waals surface area (Å²) in [5, 5.41) is 3.04. The van der Waals surface area contributed by atoms with E-state index in [1.807, 2.05) is 42.2 Å². The fourth-order valence-corrected chi connectivity index (χ4v) is 4.75. The number of benzene rings is 2. The van der Waals surface area contributed by atoms with Crippen LogP contribution >= 0.6 is 15.9 Å². The molecule has 0 radical (unpaired) electrons. The van der Waals surface area contributed by atoms with Gasteiger partial charge >= 0.3 is 0 Å². The van der Waals surface area contributed by atoms with Gasteiger partial charge in [0.25, 0.3) is 5.91 Å². The molecule has 28 heavy (non-hydrogen) atoms. The number of fused-ring (bicyclic) bond motifs is 1. The summed E-state index contributed by atoms with van der Waals surface area (Å²) < 4.78 is 0.997. The van der Waals surface area contributed by atoms with E-state index in [1.165, 1.54) is 5.56 Å². The number of aryl methyl sites for hydroxylation is 2. The van der Waals surface area contributed by atoms with E-state index >= 15 is 0 Å². The fourth-order valence-electron chi connectivity index (χ4n) is 4.37. The van der Waals surface area contributed by atoms with Gasteiger partial charge < -0.3 is 10.2 Å². The smallest absolute Gasteiger partial charge is 0.254 e. The predicted octanol–water partition coefficient (Wildman–Crippen LogP) is 5.22. The highest BCUT2D eigenvalue weighted by Crippen LogP contribution is 2.34. The Morgan fingerprint density at radius 2 is 1.82 bits per heavy atom. The lowest BCUT2D eigenvalue weighted by molar-refractivity contribution is -0.121. The Balaban J connectivity index is 1.36. The second-order valence-electron chi connectivity index (χ2n) is 7.99.